The summed E-state index contributed by atoms with van der Waals surface area (Å²) >= 11 is 0. The number of benzene rings is 3. The molecule has 186 valence electrons. The normalized spacial score (nSPS) is 15.8. The maximum absolute atomic E-state index is 10.6. The molecule has 0 saturated heterocycles. The van der Waals surface area contributed by atoms with E-state index < -0.39 is 0 Å². The van der Waals surface area contributed by atoms with Crippen molar-refractivity contribution in [3.8, 4) is 17.2 Å². The van der Waals surface area contributed by atoms with Gasteiger partial charge in [-0.3, -0.25) is 0 Å². The molecule has 35 heavy (non-hydrogen) atoms. The fourth-order valence-corrected chi connectivity index (χ4v) is 5.84. The predicted molar refractivity (Wildman–Crippen MR) is 144 cm³/mol. The van der Waals surface area contributed by atoms with E-state index in [0.717, 1.165) is 75.3 Å². The molecule has 1 aliphatic rings. The average molecular weight is 473 g/mol. The molecule has 3 heteroatoms. The Morgan fingerprint density at radius 1 is 0.686 bits per heavy atom. The van der Waals surface area contributed by atoms with Crippen LogP contribution >= 0.6 is 0 Å². The fraction of sp³-hybridized carbons (Fsp3) is 0.438. The first kappa shape index (κ1) is 25.2. The summed E-state index contributed by atoms with van der Waals surface area (Å²) in [6, 6.07) is 20.2. The minimum atomic E-state index is -0.142. The van der Waals surface area contributed by atoms with Gasteiger partial charge in [0.15, 0.2) is 0 Å². The van der Waals surface area contributed by atoms with Crippen LogP contribution in [0.2, 0.25) is 0 Å². The Morgan fingerprint density at radius 2 is 1.17 bits per heavy atom. The lowest BCUT2D eigenvalue weighted by Gasteiger charge is -2.42. The molecule has 0 aliphatic heterocycles. The minimum absolute atomic E-state index is 0.142. The van der Waals surface area contributed by atoms with E-state index in [4.69, 9.17) is 0 Å². The van der Waals surface area contributed by atoms with Gasteiger partial charge in [-0.2, -0.15) is 0 Å². The summed E-state index contributed by atoms with van der Waals surface area (Å²) in [6.45, 7) is 4.36. The molecule has 3 nitrogen and oxygen atoms in total. The van der Waals surface area contributed by atoms with Crippen LogP contribution in [0.5, 0.6) is 17.2 Å². The van der Waals surface area contributed by atoms with E-state index in [1.165, 1.54) is 16.7 Å². The van der Waals surface area contributed by atoms with Crippen molar-refractivity contribution >= 4 is 0 Å². The van der Waals surface area contributed by atoms with Gasteiger partial charge in [-0.05, 0) is 109 Å². The van der Waals surface area contributed by atoms with Gasteiger partial charge in [-0.25, -0.2) is 0 Å². The number of aromatic hydroxyl groups is 3. The van der Waals surface area contributed by atoms with E-state index >= 15 is 0 Å². The Kier molecular flexibility index (Phi) is 8.05. The third-order valence-corrected chi connectivity index (χ3v) is 8.07. The SMILES string of the molecule is CCCCc1cc(C2(c3ccc(O)c(CCCC)c3)CCC(c3ccc(O)cc3)CC2)ccc1O. The van der Waals surface area contributed by atoms with Crippen LogP contribution in [-0.2, 0) is 18.3 Å². The van der Waals surface area contributed by atoms with Gasteiger partial charge < -0.3 is 15.3 Å². The Labute approximate surface area is 210 Å². The summed E-state index contributed by atoms with van der Waals surface area (Å²) in [4.78, 5) is 0. The van der Waals surface area contributed by atoms with Crippen molar-refractivity contribution < 1.29 is 15.3 Å². The van der Waals surface area contributed by atoms with Crippen molar-refractivity contribution in [1.82, 2.24) is 0 Å². The van der Waals surface area contributed by atoms with Gasteiger partial charge >= 0.3 is 0 Å². The first-order valence-electron chi connectivity index (χ1n) is 13.4. The molecule has 3 N–H and O–H groups in total. The molecular weight excluding hydrogens is 432 g/mol. The van der Waals surface area contributed by atoms with E-state index in [9.17, 15) is 15.3 Å². The fourth-order valence-electron chi connectivity index (χ4n) is 5.84. The molecule has 0 bridgehead atoms. The third kappa shape index (κ3) is 5.50. The molecule has 0 aromatic heterocycles. The Hall–Kier alpha value is -2.94. The van der Waals surface area contributed by atoms with Crippen molar-refractivity contribution in [3.05, 3.63) is 88.5 Å². The van der Waals surface area contributed by atoms with Crippen LogP contribution in [0.3, 0.4) is 0 Å². The van der Waals surface area contributed by atoms with Crippen LogP contribution in [0.4, 0.5) is 0 Å². The van der Waals surface area contributed by atoms with Crippen molar-refractivity contribution in [2.24, 2.45) is 0 Å². The zero-order valence-electron chi connectivity index (χ0n) is 21.3. The summed E-state index contributed by atoms with van der Waals surface area (Å²) in [7, 11) is 0. The lowest BCUT2D eigenvalue weighted by atomic mass is 9.62. The monoisotopic (exact) mass is 472 g/mol. The van der Waals surface area contributed by atoms with E-state index in [-0.39, 0.29) is 5.41 Å². The molecule has 0 amide bonds. The maximum atomic E-state index is 10.6. The van der Waals surface area contributed by atoms with Gasteiger partial charge in [0.1, 0.15) is 17.2 Å². The topological polar surface area (TPSA) is 60.7 Å². The number of rotatable bonds is 9. The largest absolute Gasteiger partial charge is 0.508 e. The molecule has 1 aliphatic carbocycles. The number of hydrogen-bond donors (Lipinski definition) is 3. The van der Waals surface area contributed by atoms with Gasteiger partial charge in [-0.15, -0.1) is 0 Å². The molecule has 1 fully saturated rings. The molecule has 0 atom stereocenters. The number of phenolic OH excluding ortho intramolecular Hbond substituents is 3. The predicted octanol–water partition coefficient (Wildman–Crippen LogP) is 8.13. The summed E-state index contributed by atoms with van der Waals surface area (Å²) < 4.78 is 0. The Bertz CT molecular complexity index is 1050. The van der Waals surface area contributed by atoms with Gasteiger partial charge in [0.2, 0.25) is 0 Å². The number of phenols is 3. The standard InChI is InChI=1S/C32H40O3/c1-3-5-7-25-21-27(11-15-30(25)34)32(28-12-16-31(35)26(22-28)8-6-4-2)19-17-24(18-20-32)23-9-13-29(33)14-10-23/h9-16,21-22,24,33-35H,3-8,17-20H2,1-2H3. The zero-order chi connectivity index (χ0) is 24.8. The van der Waals surface area contributed by atoms with E-state index in [0.29, 0.717) is 23.2 Å². The molecule has 0 heterocycles. The van der Waals surface area contributed by atoms with Crippen LogP contribution in [0.1, 0.15) is 98.9 Å². The van der Waals surface area contributed by atoms with Gasteiger partial charge in [0.25, 0.3) is 0 Å². The Balaban J connectivity index is 1.73. The molecule has 0 unspecified atom stereocenters. The van der Waals surface area contributed by atoms with Gasteiger partial charge in [-0.1, -0.05) is 63.1 Å². The van der Waals surface area contributed by atoms with Crippen LogP contribution in [-0.4, -0.2) is 15.3 Å². The highest BCUT2D eigenvalue weighted by atomic mass is 16.3. The number of aryl methyl sites for hydroxylation is 2. The van der Waals surface area contributed by atoms with Gasteiger partial charge in [0.05, 0.1) is 0 Å². The third-order valence-electron chi connectivity index (χ3n) is 8.07. The van der Waals surface area contributed by atoms with Crippen LogP contribution < -0.4 is 0 Å². The number of hydrogen-bond acceptors (Lipinski definition) is 3. The van der Waals surface area contributed by atoms with E-state index in [1.54, 1.807) is 12.1 Å². The van der Waals surface area contributed by atoms with Crippen molar-refractivity contribution in [2.75, 3.05) is 0 Å². The highest BCUT2D eigenvalue weighted by molar-refractivity contribution is 5.49. The van der Waals surface area contributed by atoms with Gasteiger partial charge in [0, 0.05) is 5.41 Å². The summed E-state index contributed by atoms with van der Waals surface area (Å²) in [5.41, 5.74) is 5.77. The second-order valence-corrected chi connectivity index (χ2v) is 10.3. The number of unbranched alkanes of at least 4 members (excludes halogenated alkanes) is 2. The van der Waals surface area contributed by atoms with Crippen LogP contribution in [0, 0.1) is 0 Å². The lowest BCUT2D eigenvalue weighted by molar-refractivity contribution is 0.313. The van der Waals surface area contributed by atoms with E-state index in [2.05, 4.69) is 50.2 Å². The highest BCUT2D eigenvalue weighted by Gasteiger charge is 2.39. The van der Waals surface area contributed by atoms with Crippen molar-refractivity contribution in [3.63, 3.8) is 0 Å². The quantitative estimate of drug-likeness (QED) is 0.294. The first-order valence-corrected chi connectivity index (χ1v) is 13.4. The van der Waals surface area contributed by atoms with Crippen molar-refractivity contribution in [2.45, 2.75) is 89.4 Å². The first-order chi connectivity index (χ1) is 17.0. The highest BCUT2D eigenvalue weighted by Crippen LogP contribution is 2.50. The van der Waals surface area contributed by atoms with Crippen molar-refractivity contribution in [1.29, 1.82) is 0 Å². The molecule has 3 aromatic carbocycles. The molecule has 3 aromatic rings. The summed E-state index contributed by atoms with van der Waals surface area (Å²) in [5.74, 6) is 1.57. The minimum Gasteiger partial charge on any atom is -0.508 e. The Morgan fingerprint density at radius 3 is 1.63 bits per heavy atom. The maximum Gasteiger partial charge on any atom is 0.118 e. The molecular formula is C32H40O3. The second-order valence-electron chi connectivity index (χ2n) is 10.3. The lowest BCUT2D eigenvalue weighted by Crippen LogP contribution is -2.33. The van der Waals surface area contributed by atoms with Crippen LogP contribution in [0.15, 0.2) is 60.7 Å². The van der Waals surface area contributed by atoms with Crippen LogP contribution in [0.25, 0.3) is 0 Å². The summed E-state index contributed by atoms with van der Waals surface area (Å²) in [6.07, 6.45) is 10.2. The molecule has 4 rings (SSSR count). The average Bonchev–Trinajstić information content (AvgIpc) is 2.88. The summed E-state index contributed by atoms with van der Waals surface area (Å²) in [5, 5.41) is 30.8. The smallest absolute Gasteiger partial charge is 0.118 e. The molecule has 0 spiro atoms. The van der Waals surface area contributed by atoms with E-state index in [1.807, 2.05) is 12.1 Å². The molecule has 0 radical (unpaired) electrons. The second kappa shape index (κ2) is 11.2. The zero-order valence-corrected chi connectivity index (χ0v) is 21.3. The molecule has 1 saturated carbocycles.